The molecule has 0 spiro atoms. The molecule has 1 saturated heterocycles. The molecular formula is C14H21N3O3. The number of piperidine rings is 1. The van der Waals surface area contributed by atoms with Crippen LogP contribution in [0.5, 0.6) is 5.88 Å². The largest absolute Gasteiger partial charge is 0.480 e. The van der Waals surface area contributed by atoms with E-state index in [1.54, 1.807) is 17.9 Å². The van der Waals surface area contributed by atoms with Crippen molar-refractivity contribution in [2.75, 3.05) is 18.1 Å². The second-order valence-electron chi connectivity index (χ2n) is 5.27. The zero-order valence-electron chi connectivity index (χ0n) is 12.2. The lowest BCUT2D eigenvalue weighted by molar-refractivity contribution is -0.143. The molecule has 0 radical (unpaired) electrons. The van der Waals surface area contributed by atoms with E-state index in [-0.39, 0.29) is 0 Å². The van der Waals surface area contributed by atoms with Gasteiger partial charge < -0.3 is 14.7 Å². The Hall–Kier alpha value is -1.85. The van der Waals surface area contributed by atoms with Crippen LogP contribution in [0.4, 0.5) is 5.95 Å². The normalized spacial score (nSPS) is 22.6. The Labute approximate surface area is 118 Å². The first-order valence-corrected chi connectivity index (χ1v) is 6.97. The Kier molecular flexibility index (Phi) is 4.11. The highest BCUT2D eigenvalue weighted by Gasteiger charge is 2.42. The van der Waals surface area contributed by atoms with Crippen molar-refractivity contribution < 1.29 is 14.6 Å². The fourth-order valence-corrected chi connectivity index (χ4v) is 2.53. The number of hydrogen-bond acceptors (Lipinski definition) is 5. The molecule has 1 aromatic rings. The molecule has 1 aromatic heterocycles. The number of aliphatic carboxylic acids is 1. The molecule has 110 valence electrons. The lowest BCUT2D eigenvalue weighted by Gasteiger charge is -2.41. The fraction of sp³-hybridized carbons (Fsp3) is 0.643. The Morgan fingerprint density at radius 3 is 2.90 bits per heavy atom. The molecule has 1 aliphatic heterocycles. The first-order chi connectivity index (χ1) is 9.47. The van der Waals surface area contributed by atoms with Crippen LogP contribution in [-0.4, -0.2) is 39.7 Å². The van der Waals surface area contributed by atoms with Crippen LogP contribution in [-0.2, 0) is 4.79 Å². The van der Waals surface area contributed by atoms with Gasteiger partial charge in [0.05, 0.1) is 6.61 Å². The van der Waals surface area contributed by atoms with Gasteiger partial charge in [-0.1, -0.05) is 0 Å². The number of carbonyl (C=O) groups is 1. The van der Waals surface area contributed by atoms with Gasteiger partial charge in [0.2, 0.25) is 11.8 Å². The van der Waals surface area contributed by atoms with Gasteiger partial charge in [-0.3, -0.25) is 0 Å². The van der Waals surface area contributed by atoms with Gasteiger partial charge in [-0.25, -0.2) is 9.78 Å². The average Bonchev–Trinajstić information content (AvgIpc) is 2.38. The molecule has 0 aliphatic carbocycles. The molecule has 1 unspecified atom stereocenters. The Morgan fingerprint density at radius 2 is 2.25 bits per heavy atom. The van der Waals surface area contributed by atoms with Gasteiger partial charge in [0.25, 0.3) is 0 Å². The van der Waals surface area contributed by atoms with Crippen LogP contribution in [0.1, 0.15) is 38.8 Å². The molecule has 6 heteroatoms. The molecule has 2 rings (SSSR count). The fourth-order valence-electron chi connectivity index (χ4n) is 2.53. The quantitative estimate of drug-likeness (QED) is 0.908. The van der Waals surface area contributed by atoms with Gasteiger partial charge in [-0.15, -0.1) is 0 Å². The third kappa shape index (κ3) is 2.69. The Morgan fingerprint density at radius 1 is 1.50 bits per heavy atom. The van der Waals surface area contributed by atoms with E-state index in [4.69, 9.17) is 4.74 Å². The van der Waals surface area contributed by atoms with E-state index >= 15 is 0 Å². The van der Waals surface area contributed by atoms with Gasteiger partial charge in [-0.05, 0) is 40.0 Å². The molecule has 1 N–H and O–H groups in total. The maximum Gasteiger partial charge on any atom is 0.329 e. The summed E-state index contributed by atoms with van der Waals surface area (Å²) in [5.41, 5.74) is -0.174. The van der Waals surface area contributed by atoms with Crippen LogP contribution < -0.4 is 9.64 Å². The zero-order valence-corrected chi connectivity index (χ0v) is 12.2. The molecule has 0 aromatic carbocycles. The summed E-state index contributed by atoms with van der Waals surface area (Å²) < 4.78 is 5.42. The number of hydrogen-bond donors (Lipinski definition) is 1. The summed E-state index contributed by atoms with van der Waals surface area (Å²) in [5.74, 6) is 0.103. The van der Waals surface area contributed by atoms with Crippen LogP contribution in [0.3, 0.4) is 0 Å². The van der Waals surface area contributed by atoms with Crippen LogP contribution in [0.25, 0.3) is 0 Å². The monoisotopic (exact) mass is 279 g/mol. The van der Waals surface area contributed by atoms with Crippen molar-refractivity contribution in [1.29, 1.82) is 0 Å². The zero-order chi connectivity index (χ0) is 14.8. The molecule has 1 atom stereocenters. The van der Waals surface area contributed by atoms with Crippen molar-refractivity contribution in [3.63, 3.8) is 0 Å². The lowest BCUT2D eigenvalue weighted by Crippen LogP contribution is -2.56. The van der Waals surface area contributed by atoms with E-state index in [9.17, 15) is 9.90 Å². The third-order valence-corrected chi connectivity index (χ3v) is 3.70. The number of nitrogens with zero attached hydrogens (tertiary/aromatic N) is 3. The van der Waals surface area contributed by atoms with Gasteiger partial charge >= 0.3 is 5.97 Å². The Bertz CT molecular complexity index is 506. The summed E-state index contributed by atoms with van der Waals surface area (Å²) in [5, 5.41) is 9.54. The number of rotatable bonds is 4. The highest BCUT2D eigenvalue weighted by Crippen LogP contribution is 2.32. The predicted octanol–water partition coefficient (Wildman–Crippen LogP) is 2.02. The predicted molar refractivity (Wildman–Crippen MR) is 75.2 cm³/mol. The summed E-state index contributed by atoms with van der Waals surface area (Å²) >= 11 is 0. The van der Waals surface area contributed by atoms with E-state index in [2.05, 4.69) is 9.97 Å². The van der Waals surface area contributed by atoms with E-state index in [1.807, 2.05) is 13.8 Å². The standard InChI is InChI=1S/C14H21N3O3/c1-4-20-11-9-10(2)15-13(16-11)17-8-6-5-7-14(17,3)12(18)19/h9H,4-8H2,1-3H3,(H,18,19). The van der Waals surface area contributed by atoms with E-state index < -0.39 is 11.5 Å². The van der Waals surface area contributed by atoms with Crippen molar-refractivity contribution in [3.05, 3.63) is 11.8 Å². The van der Waals surface area contributed by atoms with Crippen molar-refractivity contribution in [3.8, 4) is 5.88 Å². The Balaban J connectivity index is 2.39. The molecule has 0 amide bonds. The molecule has 0 bridgehead atoms. The van der Waals surface area contributed by atoms with Gasteiger partial charge in [0.15, 0.2) is 0 Å². The molecular weight excluding hydrogens is 258 g/mol. The summed E-state index contributed by atoms with van der Waals surface area (Å²) in [7, 11) is 0. The number of ether oxygens (including phenoxy) is 1. The third-order valence-electron chi connectivity index (χ3n) is 3.70. The second kappa shape index (κ2) is 5.64. The minimum atomic E-state index is -0.949. The topological polar surface area (TPSA) is 75.5 Å². The van der Waals surface area contributed by atoms with Gasteiger partial charge in [0, 0.05) is 18.3 Å². The minimum Gasteiger partial charge on any atom is -0.480 e. The van der Waals surface area contributed by atoms with Gasteiger partial charge in [-0.2, -0.15) is 4.98 Å². The second-order valence-corrected chi connectivity index (χ2v) is 5.27. The molecule has 1 aliphatic rings. The highest BCUT2D eigenvalue weighted by molar-refractivity contribution is 5.82. The summed E-state index contributed by atoms with van der Waals surface area (Å²) in [6.45, 7) is 6.65. The number of carboxylic acids is 1. The van der Waals surface area contributed by atoms with Crippen LogP contribution >= 0.6 is 0 Å². The number of anilines is 1. The molecule has 6 nitrogen and oxygen atoms in total. The minimum absolute atomic E-state index is 0.443. The number of carboxylic acid groups (broad SMARTS) is 1. The summed E-state index contributed by atoms with van der Waals surface area (Å²) in [4.78, 5) is 22.2. The summed E-state index contributed by atoms with van der Waals surface area (Å²) in [6, 6.07) is 1.76. The average molecular weight is 279 g/mol. The molecule has 0 saturated carbocycles. The van der Waals surface area contributed by atoms with Crippen LogP contribution in [0, 0.1) is 6.92 Å². The SMILES string of the molecule is CCOc1cc(C)nc(N2CCCCC2(C)C(=O)O)n1. The van der Waals surface area contributed by atoms with Crippen molar-refractivity contribution in [1.82, 2.24) is 9.97 Å². The lowest BCUT2D eigenvalue weighted by atomic mass is 9.89. The van der Waals surface area contributed by atoms with Gasteiger partial charge in [0.1, 0.15) is 5.54 Å². The maximum absolute atomic E-state index is 11.6. The van der Waals surface area contributed by atoms with Crippen molar-refractivity contribution >= 4 is 11.9 Å². The smallest absolute Gasteiger partial charge is 0.329 e. The van der Waals surface area contributed by atoms with Crippen molar-refractivity contribution in [2.24, 2.45) is 0 Å². The number of aryl methyl sites for hydroxylation is 1. The maximum atomic E-state index is 11.6. The molecule has 20 heavy (non-hydrogen) atoms. The highest BCUT2D eigenvalue weighted by atomic mass is 16.5. The van der Waals surface area contributed by atoms with Crippen LogP contribution in [0.2, 0.25) is 0 Å². The molecule has 1 fully saturated rings. The van der Waals surface area contributed by atoms with Crippen molar-refractivity contribution in [2.45, 2.75) is 45.6 Å². The first-order valence-electron chi connectivity index (χ1n) is 6.97. The molecule has 2 heterocycles. The summed E-state index contributed by atoms with van der Waals surface area (Å²) in [6.07, 6.45) is 2.46. The van der Waals surface area contributed by atoms with E-state index in [0.717, 1.165) is 18.5 Å². The van der Waals surface area contributed by atoms with E-state index in [0.29, 0.717) is 31.4 Å². The van der Waals surface area contributed by atoms with E-state index in [1.165, 1.54) is 0 Å². The van der Waals surface area contributed by atoms with Crippen LogP contribution in [0.15, 0.2) is 6.07 Å². The number of aromatic nitrogens is 2. The first kappa shape index (κ1) is 14.6.